The van der Waals surface area contributed by atoms with E-state index in [2.05, 4.69) is 12.1 Å². The zero-order valence-corrected chi connectivity index (χ0v) is 11.4. The van der Waals surface area contributed by atoms with E-state index >= 15 is 0 Å². The van der Waals surface area contributed by atoms with Crippen molar-refractivity contribution in [2.45, 2.75) is 31.1 Å². The fourth-order valence-corrected chi connectivity index (χ4v) is 3.94. The van der Waals surface area contributed by atoms with Gasteiger partial charge in [-0.25, -0.2) is 0 Å². The molecule has 2 aliphatic rings. The Morgan fingerprint density at radius 3 is 2.28 bits per heavy atom. The molecule has 0 unspecified atom stereocenters. The molecule has 1 aliphatic heterocycles. The van der Waals surface area contributed by atoms with E-state index in [-0.39, 0.29) is 5.41 Å². The summed E-state index contributed by atoms with van der Waals surface area (Å²) in [5.41, 5.74) is 8.10. The van der Waals surface area contributed by atoms with E-state index in [1.54, 1.807) is 0 Å². The highest BCUT2D eigenvalue weighted by molar-refractivity contribution is 6.30. The molecule has 0 aromatic heterocycles. The SMILES string of the molecule is NCC1(c2ccc(Cl)cc2)CC2(CCOCC2)C1. The van der Waals surface area contributed by atoms with Crippen LogP contribution in [0.5, 0.6) is 0 Å². The second-order valence-corrected chi connectivity index (χ2v) is 6.39. The van der Waals surface area contributed by atoms with Gasteiger partial charge in [0.1, 0.15) is 0 Å². The van der Waals surface area contributed by atoms with Crippen molar-refractivity contribution >= 4 is 11.6 Å². The van der Waals surface area contributed by atoms with Crippen LogP contribution in [-0.4, -0.2) is 19.8 Å². The lowest BCUT2D eigenvalue weighted by Gasteiger charge is -2.58. The first-order valence-electron chi connectivity index (χ1n) is 6.72. The molecule has 1 saturated carbocycles. The molecule has 1 aromatic carbocycles. The molecule has 0 amide bonds. The van der Waals surface area contributed by atoms with E-state index in [1.165, 1.54) is 31.2 Å². The molecule has 0 radical (unpaired) electrons. The summed E-state index contributed by atoms with van der Waals surface area (Å²) in [5.74, 6) is 0. The molecule has 2 N–H and O–H groups in total. The Kier molecular flexibility index (Phi) is 3.13. The van der Waals surface area contributed by atoms with E-state index in [9.17, 15) is 0 Å². The van der Waals surface area contributed by atoms with Gasteiger partial charge in [0.15, 0.2) is 0 Å². The van der Waals surface area contributed by atoms with Crippen molar-refractivity contribution in [3.63, 3.8) is 0 Å². The zero-order chi connectivity index (χ0) is 12.6. The van der Waals surface area contributed by atoms with Crippen LogP contribution in [0.1, 0.15) is 31.2 Å². The monoisotopic (exact) mass is 265 g/mol. The fraction of sp³-hybridized carbons (Fsp3) is 0.600. The highest BCUT2D eigenvalue weighted by Gasteiger charge is 2.54. The van der Waals surface area contributed by atoms with Gasteiger partial charge in [0.25, 0.3) is 0 Å². The summed E-state index contributed by atoms with van der Waals surface area (Å²) in [5, 5.41) is 0.797. The predicted octanol–water partition coefficient (Wildman–Crippen LogP) is 3.13. The lowest BCUT2D eigenvalue weighted by atomic mass is 9.48. The quantitative estimate of drug-likeness (QED) is 0.892. The van der Waals surface area contributed by atoms with Crippen LogP contribution < -0.4 is 5.73 Å². The van der Waals surface area contributed by atoms with Crippen LogP contribution in [-0.2, 0) is 10.2 Å². The summed E-state index contributed by atoms with van der Waals surface area (Å²) < 4.78 is 5.48. The Bertz CT molecular complexity index is 415. The van der Waals surface area contributed by atoms with Crippen molar-refractivity contribution in [1.29, 1.82) is 0 Å². The van der Waals surface area contributed by atoms with Gasteiger partial charge in [-0.1, -0.05) is 23.7 Å². The number of halogens is 1. The molecule has 18 heavy (non-hydrogen) atoms. The van der Waals surface area contributed by atoms with Gasteiger partial charge in [0, 0.05) is 30.2 Å². The van der Waals surface area contributed by atoms with E-state index < -0.39 is 0 Å². The first kappa shape index (κ1) is 12.5. The summed E-state index contributed by atoms with van der Waals surface area (Å²) in [7, 11) is 0. The highest BCUT2D eigenvalue weighted by atomic mass is 35.5. The topological polar surface area (TPSA) is 35.2 Å². The van der Waals surface area contributed by atoms with Crippen LogP contribution in [0.15, 0.2) is 24.3 Å². The molecule has 2 fully saturated rings. The van der Waals surface area contributed by atoms with E-state index in [0.717, 1.165) is 24.8 Å². The summed E-state index contributed by atoms with van der Waals surface area (Å²) in [4.78, 5) is 0. The highest BCUT2D eigenvalue weighted by Crippen LogP contribution is 2.59. The molecule has 3 heteroatoms. The van der Waals surface area contributed by atoms with Crippen LogP contribution in [0, 0.1) is 5.41 Å². The minimum absolute atomic E-state index is 0.182. The third-order valence-corrected chi connectivity index (χ3v) is 5.08. The number of nitrogens with two attached hydrogens (primary N) is 1. The molecule has 98 valence electrons. The number of rotatable bonds is 2. The van der Waals surface area contributed by atoms with Crippen molar-refractivity contribution in [3.8, 4) is 0 Å². The van der Waals surface area contributed by atoms with Crippen molar-refractivity contribution in [2.75, 3.05) is 19.8 Å². The maximum Gasteiger partial charge on any atom is 0.0471 e. The molecular formula is C15H20ClNO. The summed E-state index contributed by atoms with van der Waals surface area (Å²) in [6.07, 6.45) is 4.81. The Morgan fingerprint density at radius 1 is 1.11 bits per heavy atom. The Morgan fingerprint density at radius 2 is 1.72 bits per heavy atom. The van der Waals surface area contributed by atoms with E-state index in [4.69, 9.17) is 22.1 Å². The normalized spacial score (nSPS) is 24.8. The second-order valence-electron chi connectivity index (χ2n) is 5.96. The second kappa shape index (κ2) is 4.52. The molecule has 2 nitrogen and oxygen atoms in total. The van der Waals surface area contributed by atoms with E-state index in [1.807, 2.05) is 12.1 Å². The Balaban J connectivity index is 1.79. The molecule has 3 rings (SSSR count). The minimum atomic E-state index is 0.182. The van der Waals surface area contributed by atoms with Gasteiger partial charge in [0.05, 0.1) is 0 Å². The van der Waals surface area contributed by atoms with Crippen LogP contribution in [0.4, 0.5) is 0 Å². The molecule has 1 aromatic rings. The summed E-state index contributed by atoms with van der Waals surface area (Å²) in [6, 6.07) is 8.23. The zero-order valence-electron chi connectivity index (χ0n) is 10.6. The average Bonchev–Trinajstić information content (AvgIpc) is 2.37. The molecule has 1 heterocycles. The van der Waals surface area contributed by atoms with Crippen molar-refractivity contribution in [1.82, 2.24) is 0 Å². The van der Waals surface area contributed by atoms with Crippen LogP contribution >= 0.6 is 11.6 Å². The first-order valence-corrected chi connectivity index (χ1v) is 7.10. The third kappa shape index (κ3) is 1.97. The van der Waals surface area contributed by atoms with Crippen molar-refractivity contribution < 1.29 is 4.74 Å². The van der Waals surface area contributed by atoms with Gasteiger partial charge in [-0.15, -0.1) is 0 Å². The van der Waals surface area contributed by atoms with Crippen molar-refractivity contribution in [2.24, 2.45) is 11.1 Å². The van der Waals surface area contributed by atoms with Gasteiger partial charge in [-0.05, 0) is 48.8 Å². The largest absolute Gasteiger partial charge is 0.381 e. The molecular weight excluding hydrogens is 246 g/mol. The summed E-state index contributed by atoms with van der Waals surface area (Å²) in [6.45, 7) is 2.57. The van der Waals surface area contributed by atoms with Crippen LogP contribution in [0.25, 0.3) is 0 Å². The standard InChI is InChI=1S/C15H20ClNO/c16-13-3-1-12(2-4-13)15(11-17)9-14(10-15)5-7-18-8-6-14/h1-4H,5-11,17H2. The number of hydrogen-bond donors (Lipinski definition) is 1. The van der Waals surface area contributed by atoms with Crippen molar-refractivity contribution in [3.05, 3.63) is 34.9 Å². The molecule has 1 aliphatic carbocycles. The van der Waals surface area contributed by atoms with Crippen LogP contribution in [0.2, 0.25) is 5.02 Å². The first-order chi connectivity index (χ1) is 8.68. The smallest absolute Gasteiger partial charge is 0.0471 e. The fourth-order valence-electron chi connectivity index (χ4n) is 3.81. The van der Waals surface area contributed by atoms with Gasteiger partial charge in [-0.3, -0.25) is 0 Å². The maximum absolute atomic E-state index is 6.06. The Labute approximate surface area is 113 Å². The third-order valence-electron chi connectivity index (χ3n) is 4.83. The van der Waals surface area contributed by atoms with Gasteiger partial charge >= 0.3 is 0 Å². The molecule has 0 atom stereocenters. The average molecular weight is 266 g/mol. The molecule has 1 saturated heterocycles. The Hall–Kier alpha value is -0.570. The van der Waals surface area contributed by atoms with Crippen LogP contribution in [0.3, 0.4) is 0 Å². The number of ether oxygens (including phenoxy) is 1. The summed E-state index contributed by atoms with van der Waals surface area (Å²) >= 11 is 5.96. The number of benzene rings is 1. The predicted molar refractivity (Wildman–Crippen MR) is 73.9 cm³/mol. The molecule has 0 bridgehead atoms. The van der Waals surface area contributed by atoms with Gasteiger partial charge in [0.2, 0.25) is 0 Å². The molecule has 1 spiro atoms. The van der Waals surface area contributed by atoms with Gasteiger partial charge in [-0.2, -0.15) is 0 Å². The van der Waals surface area contributed by atoms with E-state index in [0.29, 0.717) is 5.41 Å². The van der Waals surface area contributed by atoms with Gasteiger partial charge < -0.3 is 10.5 Å². The lowest BCUT2D eigenvalue weighted by molar-refractivity contribution is -0.0714. The number of hydrogen-bond acceptors (Lipinski definition) is 2. The lowest BCUT2D eigenvalue weighted by Crippen LogP contribution is -2.55. The minimum Gasteiger partial charge on any atom is -0.381 e. The maximum atomic E-state index is 6.06.